The Balaban J connectivity index is 1.58. The highest BCUT2D eigenvalue weighted by atomic mass is 35.5. The number of carbonyl (C=O) groups is 1. The smallest absolute Gasteiger partial charge is 0.234 e. The van der Waals surface area contributed by atoms with E-state index in [4.69, 9.17) is 25.8 Å². The SMILES string of the molecule is COc1ccc(Cl)cc1NC(=O)CSc1nnc(COc2ccc(C)cc2OC)n1C. The third-order valence-electron chi connectivity index (χ3n) is 4.37. The van der Waals surface area contributed by atoms with Gasteiger partial charge >= 0.3 is 0 Å². The summed E-state index contributed by atoms with van der Waals surface area (Å²) in [5, 5.41) is 12.2. The Bertz CT molecular complexity index is 1070. The second kappa shape index (κ2) is 10.4. The molecule has 3 aromatic rings. The number of hydrogen-bond donors (Lipinski definition) is 1. The van der Waals surface area contributed by atoms with E-state index in [1.807, 2.05) is 32.2 Å². The fraction of sp³-hybridized carbons (Fsp3) is 0.286. The second-order valence-electron chi connectivity index (χ2n) is 6.58. The first-order valence-corrected chi connectivity index (χ1v) is 10.7. The van der Waals surface area contributed by atoms with Gasteiger partial charge in [-0.1, -0.05) is 29.4 Å². The van der Waals surface area contributed by atoms with Gasteiger partial charge in [0.2, 0.25) is 5.91 Å². The van der Waals surface area contributed by atoms with Crippen LogP contribution in [0.2, 0.25) is 5.02 Å². The zero-order valence-electron chi connectivity index (χ0n) is 17.6. The van der Waals surface area contributed by atoms with Crippen molar-refractivity contribution in [2.24, 2.45) is 7.05 Å². The molecule has 0 aliphatic carbocycles. The van der Waals surface area contributed by atoms with E-state index >= 15 is 0 Å². The monoisotopic (exact) mass is 462 g/mol. The highest BCUT2D eigenvalue weighted by Crippen LogP contribution is 2.29. The summed E-state index contributed by atoms with van der Waals surface area (Å²) in [4.78, 5) is 12.4. The average Bonchev–Trinajstić information content (AvgIpc) is 3.11. The molecule has 2 aromatic carbocycles. The van der Waals surface area contributed by atoms with Gasteiger partial charge in [-0.2, -0.15) is 0 Å². The minimum Gasteiger partial charge on any atom is -0.495 e. The van der Waals surface area contributed by atoms with Crippen molar-refractivity contribution in [3.8, 4) is 17.2 Å². The summed E-state index contributed by atoms with van der Waals surface area (Å²) in [5.41, 5.74) is 1.59. The molecule has 0 saturated heterocycles. The lowest BCUT2D eigenvalue weighted by Gasteiger charge is -2.11. The molecule has 0 fully saturated rings. The van der Waals surface area contributed by atoms with E-state index in [2.05, 4.69) is 15.5 Å². The summed E-state index contributed by atoms with van der Waals surface area (Å²) in [6.07, 6.45) is 0. The quantitative estimate of drug-likeness (QED) is 0.479. The molecule has 0 spiro atoms. The largest absolute Gasteiger partial charge is 0.495 e. The van der Waals surface area contributed by atoms with Crippen LogP contribution < -0.4 is 19.5 Å². The van der Waals surface area contributed by atoms with Gasteiger partial charge in [-0.3, -0.25) is 4.79 Å². The molecule has 0 saturated carbocycles. The first kappa shape index (κ1) is 22.8. The molecule has 1 aromatic heterocycles. The molecule has 164 valence electrons. The van der Waals surface area contributed by atoms with Crippen molar-refractivity contribution >= 4 is 35.0 Å². The number of ether oxygens (including phenoxy) is 3. The second-order valence-corrected chi connectivity index (χ2v) is 7.96. The Morgan fingerprint density at radius 3 is 2.58 bits per heavy atom. The van der Waals surface area contributed by atoms with Crippen LogP contribution >= 0.6 is 23.4 Å². The first-order valence-electron chi connectivity index (χ1n) is 9.33. The number of aromatic nitrogens is 3. The van der Waals surface area contributed by atoms with E-state index in [0.717, 1.165) is 5.56 Å². The first-order chi connectivity index (χ1) is 14.9. The van der Waals surface area contributed by atoms with Crippen LogP contribution in [0.25, 0.3) is 0 Å². The Kier molecular flexibility index (Phi) is 7.64. The maximum Gasteiger partial charge on any atom is 0.234 e. The molecule has 10 heteroatoms. The molecular formula is C21H23ClN4O4S. The number of benzene rings is 2. The van der Waals surface area contributed by atoms with Crippen molar-refractivity contribution < 1.29 is 19.0 Å². The number of amides is 1. The average molecular weight is 463 g/mol. The molecule has 31 heavy (non-hydrogen) atoms. The van der Waals surface area contributed by atoms with E-state index in [0.29, 0.717) is 38.9 Å². The molecule has 0 radical (unpaired) electrons. The van der Waals surface area contributed by atoms with Crippen LogP contribution in [-0.2, 0) is 18.4 Å². The number of aryl methyl sites for hydroxylation is 1. The summed E-state index contributed by atoms with van der Waals surface area (Å²) in [5.74, 6) is 2.38. The van der Waals surface area contributed by atoms with Gasteiger partial charge in [0.05, 0.1) is 25.7 Å². The predicted molar refractivity (Wildman–Crippen MR) is 120 cm³/mol. The van der Waals surface area contributed by atoms with Crippen molar-refractivity contribution in [1.29, 1.82) is 0 Å². The molecule has 1 heterocycles. The number of methoxy groups -OCH3 is 2. The number of rotatable bonds is 9. The third-order valence-corrected chi connectivity index (χ3v) is 5.62. The summed E-state index contributed by atoms with van der Waals surface area (Å²) in [6.45, 7) is 2.20. The van der Waals surface area contributed by atoms with Crippen LogP contribution in [0.5, 0.6) is 17.2 Å². The van der Waals surface area contributed by atoms with Crippen molar-refractivity contribution in [1.82, 2.24) is 14.8 Å². The summed E-state index contributed by atoms with van der Waals surface area (Å²) >= 11 is 7.27. The van der Waals surface area contributed by atoms with E-state index in [1.54, 1.807) is 29.9 Å². The molecule has 0 aliphatic rings. The number of thioether (sulfide) groups is 1. The minimum atomic E-state index is -0.212. The lowest BCUT2D eigenvalue weighted by atomic mass is 10.2. The van der Waals surface area contributed by atoms with E-state index in [9.17, 15) is 4.79 Å². The van der Waals surface area contributed by atoms with Gasteiger partial charge in [0.1, 0.15) is 12.4 Å². The van der Waals surface area contributed by atoms with Crippen LogP contribution in [0.15, 0.2) is 41.6 Å². The fourth-order valence-electron chi connectivity index (χ4n) is 2.73. The van der Waals surface area contributed by atoms with Crippen LogP contribution in [0.1, 0.15) is 11.4 Å². The lowest BCUT2D eigenvalue weighted by molar-refractivity contribution is -0.113. The van der Waals surface area contributed by atoms with E-state index < -0.39 is 0 Å². The highest BCUT2D eigenvalue weighted by Gasteiger charge is 2.14. The van der Waals surface area contributed by atoms with Gasteiger partial charge < -0.3 is 24.1 Å². The Labute approximate surface area is 189 Å². The number of anilines is 1. The van der Waals surface area contributed by atoms with Gasteiger partial charge in [-0.25, -0.2) is 0 Å². The van der Waals surface area contributed by atoms with Crippen molar-refractivity contribution in [2.75, 3.05) is 25.3 Å². The Hall–Kier alpha value is -2.91. The van der Waals surface area contributed by atoms with E-state index in [1.165, 1.54) is 18.9 Å². The topological polar surface area (TPSA) is 87.5 Å². The molecule has 8 nitrogen and oxygen atoms in total. The van der Waals surface area contributed by atoms with Crippen LogP contribution in [0.4, 0.5) is 5.69 Å². The Morgan fingerprint density at radius 1 is 1.10 bits per heavy atom. The number of nitrogens with one attached hydrogen (secondary N) is 1. The molecule has 0 aliphatic heterocycles. The molecule has 0 bridgehead atoms. The van der Waals surface area contributed by atoms with Gasteiger partial charge in [0.25, 0.3) is 0 Å². The molecule has 1 N–H and O–H groups in total. The molecular weight excluding hydrogens is 440 g/mol. The lowest BCUT2D eigenvalue weighted by Crippen LogP contribution is -2.15. The van der Waals surface area contributed by atoms with Gasteiger partial charge in [0, 0.05) is 12.1 Å². The molecule has 0 unspecified atom stereocenters. The van der Waals surface area contributed by atoms with Gasteiger partial charge in [-0.05, 0) is 42.8 Å². The minimum absolute atomic E-state index is 0.147. The van der Waals surface area contributed by atoms with Gasteiger partial charge in [0.15, 0.2) is 22.5 Å². The summed E-state index contributed by atoms with van der Waals surface area (Å²) in [6, 6.07) is 10.7. The van der Waals surface area contributed by atoms with Crippen LogP contribution in [0, 0.1) is 6.92 Å². The number of carbonyl (C=O) groups excluding carboxylic acids is 1. The zero-order chi connectivity index (χ0) is 22.4. The maximum absolute atomic E-state index is 12.4. The van der Waals surface area contributed by atoms with E-state index in [-0.39, 0.29) is 18.3 Å². The third kappa shape index (κ3) is 5.83. The number of halogens is 1. The fourth-order valence-corrected chi connectivity index (χ4v) is 3.63. The zero-order valence-corrected chi connectivity index (χ0v) is 19.2. The normalized spacial score (nSPS) is 10.6. The van der Waals surface area contributed by atoms with Crippen LogP contribution in [0.3, 0.4) is 0 Å². The molecule has 1 amide bonds. The highest BCUT2D eigenvalue weighted by molar-refractivity contribution is 7.99. The Morgan fingerprint density at radius 2 is 1.84 bits per heavy atom. The predicted octanol–water partition coefficient (Wildman–Crippen LogP) is 4.10. The van der Waals surface area contributed by atoms with Crippen molar-refractivity contribution in [2.45, 2.75) is 18.7 Å². The molecule has 3 rings (SSSR count). The maximum atomic E-state index is 12.4. The number of nitrogens with zero attached hydrogens (tertiary/aromatic N) is 3. The van der Waals surface area contributed by atoms with Gasteiger partial charge in [-0.15, -0.1) is 10.2 Å². The summed E-state index contributed by atoms with van der Waals surface area (Å²) in [7, 11) is 4.96. The van der Waals surface area contributed by atoms with Crippen molar-refractivity contribution in [3.63, 3.8) is 0 Å². The van der Waals surface area contributed by atoms with Crippen molar-refractivity contribution in [3.05, 3.63) is 52.8 Å². The van der Waals surface area contributed by atoms with Crippen LogP contribution in [-0.4, -0.2) is 40.6 Å². The summed E-state index contributed by atoms with van der Waals surface area (Å²) < 4.78 is 18.2. The standard InChI is InChI=1S/C21H23ClN4O4S/c1-13-5-7-17(18(9-13)29-4)30-11-19-24-25-21(26(19)2)31-12-20(27)23-15-10-14(22)6-8-16(15)28-3/h5-10H,11-12H2,1-4H3,(H,23,27). The molecule has 0 atom stereocenters. The number of hydrogen-bond acceptors (Lipinski definition) is 7.